The zero-order chi connectivity index (χ0) is 10.7. The van der Waals surface area contributed by atoms with Crippen molar-refractivity contribution in [3.8, 4) is 0 Å². The predicted molar refractivity (Wildman–Crippen MR) is 57.2 cm³/mol. The van der Waals surface area contributed by atoms with Crippen molar-refractivity contribution in [1.82, 2.24) is 0 Å². The number of Topliss-reactive ketones (excluding diaryl/α,β-unsaturated/α-hetero) is 1. The molecule has 0 heterocycles. The van der Waals surface area contributed by atoms with E-state index in [2.05, 4.69) is 31.9 Å². The number of hydrogen-bond acceptors (Lipinski definition) is 1. The van der Waals surface area contributed by atoms with Gasteiger partial charge in [0, 0.05) is 11.4 Å². The summed E-state index contributed by atoms with van der Waals surface area (Å²) in [6.45, 7) is 0. The minimum Gasteiger partial charge on any atom is -0.293 e. The van der Waals surface area contributed by atoms with E-state index in [0.717, 1.165) is 12.1 Å². The van der Waals surface area contributed by atoms with Crippen LogP contribution in [-0.4, -0.2) is 15.9 Å². The second kappa shape index (κ2) is 4.98. The number of benzene rings is 1. The van der Waals surface area contributed by atoms with Crippen molar-refractivity contribution < 1.29 is 13.6 Å². The molecule has 0 N–H and O–H groups in total. The second-order valence-electron chi connectivity index (χ2n) is 2.61. The first-order chi connectivity index (χ1) is 6.56. The van der Waals surface area contributed by atoms with Crippen molar-refractivity contribution in [1.29, 1.82) is 0 Å². The lowest BCUT2D eigenvalue weighted by Gasteiger charge is -2.05. The van der Waals surface area contributed by atoms with Crippen molar-refractivity contribution >= 4 is 37.6 Å². The molecule has 0 aliphatic rings. The van der Waals surface area contributed by atoms with Crippen LogP contribution in [0.25, 0.3) is 0 Å². The molecule has 0 aliphatic heterocycles. The van der Waals surface area contributed by atoms with E-state index in [0.29, 0.717) is 11.4 Å². The Kier molecular flexibility index (Phi) is 4.19. The molecular weight excluding hydrogens is 322 g/mol. The van der Waals surface area contributed by atoms with Crippen LogP contribution in [0.5, 0.6) is 0 Å². The fourth-order valence-electron chi connectivity index (χ4n) is 0.928. The number of alkyl halides is 2. The minimum absolute atomic E-state index is 0.104. The van der Waals surface area contributed by atoms with E-state index in [1.165, 1.54) is 0 Å². The molecule has 1 rings (SSSR count). The highest BCUT2D eigenvalue weighted by Crippen LogP contribution is 2.16. The minimum atomic E-state index is -0.833. The molecule has 1 unspecified atom stereocenters. The molecular formula is C9H6Br2F2O. The van der Waals surface area contributed by atoms with Gasteiger partial charge in [-0.2, -0.15) is 0 Å². The van der Waals surface area contributed by atoms with Gasteiger partial charge in [-0.05, 0) is 12.1 Å². The van der Waals surface area contributed by atoms with Crippen LogP contribution < -0.4 is 0 Å². The van der Waals surface area contributed by atoms with E-state index in [9.17, 15) is 13.6 Å². The van der Waals surface area contributed by atoms with Crippen LogP contribution in [0.1, 0.15) is 10.4 Å². The maximum atomic E-state index is 13.1. The summed E-state index contributed by atoms with van der Waals surface area (Å²) in [5, 5.41) is 0.378. The first-order valence-corrected chi connectivity index (χ1v) is 5.79. The summed E-state index contributed by atoms with van der Waals surface area (Å²) in [7, 11) is 0. The van der Waals surface area contributed by atoms with Crippen LogP contribution in [0, 0.1) is 11.6 Å². The molecule has 0 amide bonds. The van der Waals surface area contributed by atoms with Crippen LogP contribution in [0.3, 0.4) is 0 Å². The summed E-state index contributed by atoms with van der Waals surface area (Å²) in [6.07, 6.45) is 0. The molecule has 0 bridgehead atoms. The lowest BCUT2D eigenvalue weighted by atomic mass is 10.1. The molecule has 76 valence electrons. The fourth-order valence-corrected chi connectivity index (χ4v) is 1.47. The van der Waals surface area contributed by atoms with Gasteiger partial charge in [0.25, 0.3) is 0 Å². The van der Waals surface area contributed by atoms with Gasteiger partial charge in [0.05, 0.1) is 10.4 Å². The fraction of sp³-hybridized carbons (Fsp3) is 0.222. The Hall–Kier alpha value is -0.290. The molecule has 0 aromatic heterocycles. The molecule has 14 heavy (non-hydrogen) atoms. The van der Waals surface area contributed by atoms with Gasteiger partial charge in [-0.15, -0.1) is 0 Å². The smallest absolute Gasteiger partial charge is 0.180 e. The van der Waals surface area contributed by atoms with Crippen molar-refractivity contribution in [2.24, 2.45) is 0 Å². The maximum Gasteiger partial charge on any atom is 0.180 e. The Morgan fingerprint density at radius 2 is 2.07 bits per heavy atom. The molecule has 0 fully saturated rings. The van der Waals surface area contributed by atoms with Crippen LogP contribution in [-0.2, 0) is 0 Å². The molecule has 1 atom stereocenters. The Labute approximate surface area is 96.8 Å². The predicted octanol–water partition coefficient (Wildman–Crippen LogP) is 3.31. The van der Waals surface area contributed by atoms with Crippen molar-refractivity contribution in [3.63, 3.8) is 0 Å². The van der Waals surface area contributed by atoms with E-state index in [1.807, 2.05) is 0 Å². The Morgan fingerprint density at radius 1 is 1.43 bits per heavy atom. The molecule has 1 aromatic carbocycles. The van der Waals surface area contributed by atoms with Gasteiger partial charge < -0.3 is 0 Å². The zero-order valence-electron chi connectivity index (χ0n) is 6.94. The number of carbonyl (C=O) groups is 1. The topological polar surface area (TPSA) is 17.1 Å². The Morgan fingerprint density at radius 3 is 2.57 bits per heavy atom. The van der Waals surface area contributed by atoms with Gasteiger partial charge >= 0.3 is 0 Å². The van der Waals surface area contributed by atoms with E-state index in [-0.39, 0.29) is 5.56 Å². The summed E-state index contributed by atoms with van der Waals surface area (Å²) in [5.74, 6) is -1.93. The summed E-state index contributed by atoms with van der Waals surface area (Å²) >= 11 is 6.16. The van der Waals surface area contributed by atoms with E-state index in [4.69, 9.17) is 0 Å². The molecule has 0 saturated carbocycles. The molecule has 0 aliphatic carbocycles. The van der Waals surface area contributed by atoms with Crippen LogP contribution in [0.2, 0.25) is 0 Å². The number of rotatable bonds is 3. The van der Waals surface area contributed by atoms with E-state index < -0.39 is 22.2 Å². The standard InChI is InChI=1S/C9H6Br2F2O/c10-4-7(11)9(14)6-2-1-5(12)3-8(6)13/h1-3,7H,4H2. The lowest BCUT2D eigenvalue weighted by Crippen LogP contribution is -2.16. The Bertz CT molecular complexity index is 355. The normalized spacial score (nSPS) is 12.6. The first kappa shape index (κ1) is 11.8. The summed E-state index contributed by atoms with van der Waals surface area (Å²) < 4.78 is 25.6. The maximum absolute atomic E-state index is 13.1. The molecule has 1 nitrogen and oxygen atoms in total. The van der Waals surface area contributed by atoms with Crippen molar-refractivity contribution in [3.05, 3.63) is 35.4 Å². The highest BCUT2D eigenvalue weighted by molar-refractivity contribution is 9.12. The van der Waals surface area contributed by atoms with Gasteiger partial charge in [0.2, 0.25) is 0 Å². The highest BCUT2D eigenvalue weighted by Gasteiger charge is 2.19. The SMILES string of the molecule is O=C(c1ccc(F)cc1F)C(Br)CBr. The van der Waals surface area contributed by atoms with Crippen molar-refractivity contribution in [2.75, 3.05) is 5.33 Å². The molecule has 5 heteroatoms. The van der Waals surface area contributed by atoms with Gasteiger partial charge in [-0.25, -0.2) is 8.78 Å². The zero-order valence-corrected chi connectivity index (χ0v) is 10.1. The van der Waals surface area contributed by atoms with Crippen LogP contribution >= 0.6 is 31.9 Å². The number of halogens is 4. The molecule has 0 radical (unpaired) electrons. The van der Waals surface area contributed by atoms with Gasteiger partial charge in [0.1, 0.15) is 11.6 Å². The first-order valence-electron chi connectivity index (χ1n) is 3.75. The number of hydrogen-bond donors (Lipinski definition) is 0. The summed E-state index contributed by atoms with van der Waals surface area (Å²) in [6, 6.07) is 2.90. The van der Waals surface area contributed by atoms with Crippen LogP contribution in [0.15, 0.2) is 18.2 Å². The largest absolute Gasteiger partial charge is 0.293 e. The Balaban J connectivity index is 3.02. The third-order valence-electron chi connectivity index (χ3n) is 1.62. The van der Waals surface area contributed by atoms with Gasteiger partial charge in [-0.3, -0.25) is 4.79 Å². The molecule has 0 spiro atoms. The average Bonchev–Trinajstić information content (AvgIpc) is 2.15. The third-order valence-corrected chi connectivity index (χ3v) is 3.87. The summed E-state index contributed by atoms with van der Waals surface area (Å²) in [4.78, 5) is 11.0. The highest BCUT2D eigenvalue weighted by atomic mass is 79.9. The third kappa shape index (κ3) is 2.60. The van der Waals surface area contributed by atoms with E-state index >= 15 is 0 Å². The van der Waals surface area contributed by atoms with Gasteiger partial charge in [-0.1, -0.05) is 31.9 Å². The lowest BCUT2D eigenvalue weighted by molar-refractivity contribution is 0.0993. The number of ketones is 1. The van der Waals surface area contributed by atoms with Crippen LogP contribution in [0.4, 0.5) is 8.78 Å². The monoisotopic (exact) mass is 326 g/mol. The van der Waals surface area contributed by atoms with E-state index in [1.54, 1.807) is 0 Å². The molecule has 1 aromatic rings. The quantitative estimate of drug-likeness (QED) is 0.615. The average molecular weight is 328 g/mol. The number of carbonyl (C=O) groups excluding carboxylic acids is 1. The summed E-state index contributed by atoms with van der Waals surface area (Å²) in [5.41, 5.74) is -0.104. The van der Waals surface area contributed by atoms with Crippen molar-refractivity contribution in [2.45, 2.75) is 4.83 Å². The van der Waals surface area contributed by atoms with Gasteiger partial charge in [0.15, 0.2) is 5.78 Å². The second-order valence-corrected chi connectivity index (χ2v) is 4.36. The molecule has 0 saturated heterocycles.